The van der Waals surface area contributed by atoms with Crippen molar-refractivity contribution < 1.29 is 10.2 Å². The first-order valence-corrected chi connectivity index (χ1v) is 8.27. The molecule has 2 heteroatoms. The van der Waals surface area contributed by atoms with Crippen LogP contribution in [0.2, 0.25) is 0 Å². The second kappa shape index (κ2) is 8.50. The summed E-state index contributed by atoms with van der Waals surface area (Å²) in [5.74, 6) is 0. The highest BCUT2D eigenvalue weighted by molar-refractivity contribution is 5.27. The van der Waals surface area contributed by atoms with Gasteiger partial charge < -0.3 is 10.2 Å². The topological polar surface area (TPSA) is 40.5 Å². The van der Waals surface area contributed by atoms with E-state index in [0.717, 1.165) is 17.6 Å². The minimum atomic E-state index is -0.561. The van der Waals surface area contributed by atoms with Gasteiger partial charge in [0, 0.05) is 0 Å². The molecule has 0 aromatic heterocycles. The van der Waals surface area contributed by atoms with Crippen LogP contribution >= 0.6 is 0 Å². The fourth-order valence-electron chi connectivity index (χ4n) is 3.12. The van der Waals surface area contributed by atoms with Gasteiger partial charge in [-0.1, -0.05) is 54.9 Å². The van der Waals surface area contributed by atoms with Crippen LogP contribution in [0.15, 0.2) is 46.6 Å². The predicted molar refractivity (Wildman–Crippen MR) is 94.7 cm³/mol. The van der Waals surface area contributed by atoms with Gasteiger partial charge in [0.25, 0.3) is 0 Å². The first kappa shape index (κ1) is 18.9. The maximum Gasteiger partial charge on any atom is 0.0932 e. The molecule has 1 rings (SSSR count). The van der Waals surface area contributed by atoms with Crippen LogP contribution in [0.5, 0.6) is 0 Å². The van der Waals surface area contributed by atoms with Crippen LogP contribution in [0.1, 0.15) is 60.3 Å². The van der Waals surface area contributed by atoms with Crippen LogP contribution in [-0.4, -0.2) is 22.9 Å². The molecule has 2 nitrogen and oxygen atoms in total. The van der Waals surface area contributed by atoms with Crippen molar-refractivity contribution in [2.75, 3.05) is 6.61 Å². The summed E-state index contributed by atoms with van der Waals surface area (Å²) < 4.78 is 0. The van der Waals surface area contributed by atoms with Gasteiger partial charge in [0.2, 0.25) is 0 Å². The zero-order valence-electron chi connectivity index (χ0n) is 14.8. The summed E-state index contributed by atoms with van der Waals surface area (Å²) in [5.41, 5.74) is 5.27. The van der Waals surface area contributed by atoms with Crippen LogP contribution in [0.3, 0.4) is 0 Å². The lowest BCUT2D eigenvalue weighted by Gasteiger charge is -2.34. The molecule has 1 aliphatic carbocycles. The molecule has 0 bridgehead atoms. The molecule has 0 spiro atoms. The van der Waals surface area contributed by atoms with Crippen molar-refractivity contribution >= 4 is 0 Å². The van der Waals surface area contributed by atoms with E-state index in [9.17, 15) is 5.11 Å². The Morgan fingerprint density at radius 1 is 1.27 bits per heavy atom. The molecule has 0 saturated heterocycles. The van der Waals surface area contributed by atoms with Gasteiger partial charge in [-0.25, -0.2) is 0 Å². The first-order valence-electron chi connectivity index (χ1n) is 8.27. The quantitative estimate of drug-likeness (QED) is 0.551. The molecule has 0 radical (unpaired) electrons. The predicted octanol–water partition coefficient (Wildman–Crippen LogP) is 4.71. The maximum atomic E-state index is 10.2. The number of hydrogen-bond donors (Lipinski definition) is 2. The lowest BCUT2D eigenvalue weighted by atomic mass is 9.71. The van der Waals surface area contributed by atoms with Crippen LogP contribution in [0.4, 0.5) is 0 Å². The van der Waals surface area contributed by atoms with E-state index < -0.39 is 6.10 Å². The Morgan fingerprint density at radius 3 is 2.55 bits per heavy atom. The Hall–Kier alpha value is -1.12. The molecule has 0 amide bonds. The summed E-state index contributed by atoms with van der Waals surface area (Å²) in [4.78, 5) is 0. The molecule has 1 aliphatic rings. The molecule has 1 atom stereocenters. The molecule has 0 aliphatic heterocycles. The second-order valence-corrected chi connectivity index (χ2v) is 7.08. The zero-order chi connectivity index (χ0) is 16.8. The molecule has 22 heavy (non-hydrogen) atoms. The van der Waals surface area contributed by atoms with Crippen molar-refractivity contribution in [3.63, 3.8) is 0 Å². The third-order valence-electron chi connectivity index (χ3n) is 4.74. The fraction of sp³-hybridized carbons (Fsp3) is 0.600. The Balaban J connectivity index is 2.75. The monoisotopic (exact) mass is 304 g/mol. The summed E-state index contributed by atoms with van der Waals surface area (Å²) >= 11 is 0. The van der Waals surface area contributed by atoms with Crippen LogP contribution in [0.25, 0.3) is 0 Å². The fourth-order valence-corrected chi connectivity index (χ4v) is 3.12. The standard InChI is InChI=1S/C20H32O2/c1-15(12-14-21)8-11-19(22)17(3)9-10-18-16(2)7-6-13-20(18,4)5/h8-9,11-12,19,21-22H,6-7,10,13-14H2,1-5H3/b11-8-,15-12-,17-9+. The maximum absolute atomic E-state index is 10.2. The zero-order valence-corrected chi connectivity index (χ0v) is 14.8. The summed E-state index contributed by atoms with van der Waals surface area (Å²) in [6.45, 7) is 10.8. The highest BCUT2D eigenvalue weighted by atomic mass is 16.3. The lowest BCUT2D eigenvalue weighted by molar-refractivity contribution is 0.258. The number of hydrogen-bond acceptors (Lipinski definition) is 2. The molecule has 1 unspecified atom stereocenters. The van der Waals surface area contributed by atoms with Gasteiger partial charge in [0.15, 0.2) is 0 Å². The van der Waals surface area contributed by atoms with E-state index in [-0.39, 0.29) is 12.0 Å². The Kier molecular flexibility index (Phi) is 7.31. The van der Waals surface area contributed by atoms with Gasteiger partial charge >= 0.3 is 0 Å². The van der Waals surface area contributed by atoms with E-state index in [2.05, 4.69) is 26.8 Å². The molecule has 0 saturated carbocycles. The van der Waals surface area contributed by atoms with E-state index in [1.54, 1.807) is 12.2 Å². The lowest BCUT2D eigenvalue weighted by Crippen LogP contribution is -2.20. The van der Waals surface area contributed by atoms with Gasteiger partial charge in [-0.3, -0.25) is 0 Å². The van der Waals surface area contributed by atoms with Crippen molar-refractivity contribution in [1.29, 1.82) is 0 Å². The Morgan fingerprint density at radius 2 is 1.95 bits per heavy atom. The third kappa shape index (κ3) is 5.58. The van der Waals surface area contributed by atoms with Crippen LogP contribution in [0, 0.1) is 5.41 Å². The van der Waals surface area contributed by atoms with Crippen molar-refractivity contribution in [2.24, 2.45) is 5.41 Å². The minimum Gasteiger partial charge on any atom is -0.392 e. The number of aliphatic hydroxyl groups excluding tert-OH is 2. The van der Waals surface area contributed by atoms with Crippen LogP contribution in [-0.2, 0) is 0 Å². The van der Waals surface area contributed by atoms with E-state index in [1.165, 1.54) is 30.4 Å². The molecule has 0 aromatic carbocycles. The van der Waals surface area contributed by atoms with Gasteiger partial charge in [-0.2, -0.15) is 0 Å². The Labute approximate surface area is 135 Å². The van der Waals surface area contributed by atoms with Crippen molar-refractivity contribution in [1.82, 2.24) is 0 Å². The number of aliphatic hydroxyl groups is 2. The average molecular weight is 304 g/mol. The van der Waals surface area contributed by atoms with E-state index in [1.807, 2.05) is 19.9 Å². The van der Waals surface area contributed by atoms with Gasteiger partial charge in [-0.15, -0.1) is 0 Å². The Bertz CT molecular complexity index is 490. The smallest absolute Gasteiger partial charge is 0.0932 e. The van der Waals surface area contributed by atoms with E-state index in [0.29, 0.717) is 0 Å². The largest absolute Gasteiger partial charge is 0.392 e. The molecule has 0 heterocycles. The van der Waals surface area contributed by atoms with E-state index in [4.69, 9.17) is 5.11 Å². The summed E-state index contributed by atoms with van der Waals surface area (Å²) in [7, 11) is 0. The summed E-state index contributed by atoms with van der Waals surface area (Å²) in [6, 6.07) is 0. The minimum absolute atomic E-state index is 0.0314. The summed E-state index contributed by atoms with van der Waals surface area (Å²) in [6.07, 6.45) is 11.6. The average Bonchev–Trinajstić information content (AvgIpc) is 2.43. The molecule has 2 N–H and O–H groups in total. The first-order chi connectivity index (χ1) is 10.3. The van der Waals surface area contributed by atoms with Gasteiger partial charge in [-0.05, 0) is 57.4 Å². The SMILES string of the molecule is CC1=C(C/C=C(\C)C(O)/C=C\C(C)=C/CO)C(C)(C)CCC1. The third-order valence-corrected chi connectivity index (χ3v) is 4.74. The molecule has 0 fully saturated rings. The van der Waals surface area contributed by atoms with Crippen molar-refractivity contribution in [2.45, 2.75) is 66.4 Å². The molecule has 0 aromatic rings. The van der Waals surface area contributed by atoms with Crippen molar-refractivity contribution in [3.05, 3.63) is 46.6 Å². The normalized spacial score (nSPS) is 21.6. The summed E-state index contributed by atoms with van der Waals surface area (Å²) in [5, 5.41) is 19.0. The second-order valence-electron chi connectivity index (χ2n) is 7.08. The highest BCUT2D eigenvalue weighted by Crippen LogP contribution is 2.42. The van der Waals surface area contributed by atoms with Gasteiger partial charge in [0.1, 0.15) is 0 Å². The molecular formula is C20H32O2. The van der Waals surface area contributed by atoms with Gasteiger partial charge in [0.05, 0.1) is 12.7 Å². The number of allylic oxidation sites excluding steroid dienone is 5. The molecular weight excluding hydrogens is 272 g/mol. The highest BCUT2D eigenvalue weighted by Gasteiger charge is 2.27. The molecule has 124 valence electrons. The van der Waals surface area contributed by atoms with E-state index >= 15 is 0 Å². The number of rotatable bonds is 6. The van der Waals surface area contributed by atoms with Crippen LogP contribution < -0.4 is 0 Å². The van der Waals surface area contributed by atoms with Crippen molar-refractivity contribution in [3.8, 4) is 0 Å².